The number of para-hydroxylation sites is 1. The Morgan fingerprint density at radius 2 is 1.54 bits per heavy atom. The molecule has 8 nitrogen and oxygen atoms in total. The maximum absolute atomic E-state index is 13.6. The average molecular weight is 542 g/mol. The van der Waals surface area contributed by atoms with Crippen LogP contribution >= 0.6 is 0 Å². The summed E-state index contributed by atoms with van der Waals surface area (Å²) in [5.41, 5.74) is -0.874. The standard InChI is InChI=1S/C28H30F3N5O3/c1-19-16-34(27(39)21-10-5-3-6-11-21)17-20(2)36(19)24(37)14-9-15-32-26(38)23-18-35(22-12-7-4-8-13-22)33-25(23)28(29,30)31/h3-8,10-13,18-20H,9,14-17H2,1-2H3,(H,32,38). The molecule has 1 fully saturated rings. The maximum atomic E-state index is 13.6. The van der Waals surface area contributed by atoms with Crippen molar-refractivity contribution in [3.05, 3.63) is 83.7 Å². The highest BCUT2D eigenvalue weighted by Crippen LogP contribution is 2.31. The van der Waals surface area contributed by atoms with Gasteiger partial charge in [0, 0.05) is 49.9 Å². The van der Waals surface area contributed by atoms with Crippen molar-refractivity contribution >= 4 is 17.7 Å². The fourth-order valence-corrected chi connectivity index (χ4v) is 4.87. The van der Waals surface area contributed by atoms with Crippen LogP contribution < -0.4 is 5.32 Å². The number of carbonyl (C=O) groups is 3. The fourth-order valence-electron chi connectivity index (χ4n) is 4.87. The van der Waals surface area contributed by atoms with Gasteiger partial charge in [0.15, 0.2) is 5.69 Å². The molecule has 3 aromatic rings. The Labute approximate surface area is 224 Å². The van der Waals surface area contributed by atoms with Crippen molar-refractivity contribution in [3.8, 4) is 5.69 Å². The molecule has 1 aliphatic heterocycles. The van der Waals surface area contributed by atoms with Gasteiger partial charge in [-0.2, -0.15) is 18.3 Å². The Hall–Kier alpha value is -4.15. The normalized spacial score (nSPS) is 17.7. The van der Waals surface area contributed by atoms with Crippen LogP contribution in [-0.2, 0) is 11.0 Å². The van der Waals surface area contributed by atoms with Crippen molar-refractivity contribution in [2.75, 3.05) is 19.6 Å². The molecule has 2 unspecified atom stereocenters. The number of benzene rings is 2. The molecule has 1 aliphatic rings. The summed E-state index contributed by atoms with van der Waals surface area (Å²) < 4.78 is 41.7. The number of carbonyl (C=O) groups excluding carboxylic acids is 3. The van der Waals surface area contributed by atoms with Gasteiger partial charge in [0.25, 0.3) is 11.8 Å². The van der Waals surface area contributed by atoms with Crippen LogP contribution in [0.4, 0.5) is 13.2 Å². The van der Waals surface area contributed by atoms with Gasteiger partial charge in [-0.3, -0.25) is 14.4 Å². The molecule has 1 aromatic heterocycles. The number of piperazine rings is 1. The van der Waals surface area contributed by atoms with Gasteiger partial charge < -0.3 is 15.1 Å². The van der Waals surface area contributed by atoms with Gasteiger partial charge >= 0.3 is 6.18 Å². The number of amides is 3. The maximum Gasteiger partial charge on any atom is 0.435 e. The third-order valence-corrected chi connectivity index (χ3v) is 6.62. The molecule has 4 rings (SSSR count). The van der Waals surface area contributed by atoms with E-state index in [9.17, 15) is 27.6 Å². The summed E-state index contributed by atoms with van der Waals surface area (Å²) in [4.78, 5) is 41.9. The van der Waals surface area contributed by atoms with Gasteiger partial charge in [0.05, 0.1) is 11.3 Å². The Kier molecular flexibility index (Phi) is 8.37. The van der Waals surface area contributed by atoms with Gasteiger partial charge in [-0.25, -0.2) is 4.68 Å². The molecule has 0 saturated carbocycles. The summed E-state index contributed by atoms with van der Waals surface area (Å²) in [6.07, 6.45) is -3.39. The molecule has 206 valence electrons. The molecule has 0 bridgehead atoms. The summed E-state index contributed by atoms with van der Waals surface area (Å²) in [5.74, 6) is -1.13. The van der Waals surface area contributed by atoms with Gasteiger partial charge in [0.1, 0.15) is 0 Å². The Balaban J connectivity index is 1.31. The molecular weight excluding hydrogens is 511 g/mol. The number of nitrogens with zero attached hydrogens (tertiary/aromatic N) is 4. The molecule has 1 N–H and O–H groups in total. The summed E-state index contributed by atoms with van der Waals surface area (Å²) in [7, 11) is 0. The minimum atomic E-state index is -4.81. The third kappa shape index (κ3) is 6.47. The van der Waals surface area contributed by atoms with E-state index < -0.39 is 23.3 Å². The SMILES string of the molecule is CC1CN(C(=O)c2ccccc2)CC(C)N1C(=O)CCCNC(=O)c1cn(-c2ccccc2)nc1C(F)(F)F. The van der Waals surface area contributed by atoms with Crippen molar-refractivity contribution in [2.45, 2.75) is 44.9 Å². The first-order valence-electron chi connectivity index (χ1n) is 12.7. The molecule has 3 amide bonds. The predicted molar refractivity (Wildman–Crippen MR) is 138 cm³/mol. The number of nitrogens with one attached hydrogen (secondary N) is 1. The van der Waals surface area contributed by atoms with Gasteiger partial charge in [-0.05, 0) is 44.5 Å². The summed E-state index contributed by atoms with van der Waals surface area (Å²) in [5, 5.41) is 6.07. The summed E-state index contributed by atoms with van der Waals surface area (Å²) in [6.45, 7) is 4.57. The first kappa shape index (κ1) is 27.9. The van der Waals surface area contributed by atoms with Gasteiger partial charge in [0.2, 0.25) is 5.91 Å². The summed E-state index contributed by atoms with van der Waals surface area (Å²) >= 11 is 0. The van der Waals surface area contributed by atoms with Crippen molar-refractivity contribution in [3.63, 3.8) is 0 Å². The molecule has 0 spiro atoms. The summed E-state index contributed by atoms with van der Waals surface area (Å²) in [6, 6.07) is 16.7. The van der Waals surface area contributed by atoms with E-state index in [-0.39, 0.29) is 43.3 Å². The van der Waals surface area contributed by atoms with Crippen molar-refractivity contribution in [1.82, 2.24) is 24.9 Å². The fraction of sp³-hybridized carbons (Fsp3) is 0.357. The number of halogens is 3. The lowest BCUT2D eigenvalue weighted by Gasteiger charge is -2.44. The average Bonchev–Trinajstić information content (AvgIpc) is 3.38. The smallest absolute Gasteiger partial charge is 0.352 e. The quantitative estimate of drug-likeness (QED) is 0.455. The zero-order chi connectivity index (χ0) is 28.2. The highest BCUT2D eigenvalue weighted by Gasteiger charge is 2.39. The van der Waals surface area contributed by atoms with Crippen molar-refractivity contribution < 1.29 is 27.6 Å². The molecule has 2 aromatic carbocycles. The minimum Gasteiger partial charge on any atom is -0.352 e. The van der Waals surface area contributed by atoms with Crippen molar-refractivity contribution in [2.24, 2.45) is 0 Å². The van der Waals surface area contributed by atoms with E-state index in [0.717, 1.165) is 10.9 Å². The van der Waals surface area contributed by atoms with E-state index >= 15 is 0 Å². The first-order chi connectivity index (χ1) is 18.6. The van der Waals surface area contributed by atoms with Crippen LogP contribution in [0.5, 0.6) is 0 Å². The lowest BCUT2D eigenvalue weighted by molar-refractivity contribution is -0.141. The minimum absolute atomic E-state index is 0.0214. The topological polar surface area (TPSA) is 87.5 Å². The van der Waals surface area contributed by atoms with E-state index in [4.69, 9.17) is 0 Å². The van der Waals surface area contributed by atoms with Crippen LogP contribution in [0, 0.1) is 0 Å². The van der Waals surface area contributed by atoms with Crippen molar-refractivity contribution in [1.29, 1.82) is 0 Å². The Morgan fingerprint density at radius 3 is 2.13 bits per heavy atom. The Bertz CT molecular complexity index is 1300. The molecule has 1 saturated heterocycles. The Morgan fingerprint density at radius 1 is 0.949 bits per heavy atom. The molecular formula is C28H30F3N5O3. The molecule has 39 heavy (non-hydrogen) atoms. The van der Waals surface area contributed by atoms with Crippen LogP contribution in [-0.4, -0.2) is 69.0 Å². The van der Waals surface area contributed by atoms with E-state index in [1.807, 2.05) is 19.9 Å². The van der Waals surface area contributed by atoms with Crippen LogP contribution in [0.2, 0.25) is 0 Å². The lowest BCUT2D eigenvalue weighted by atomic mass is 10.0. The molecule has 0 aliphatic carbocycles. The highest BCUT2D eigenvalue weighted by atomic mass is 19.4. The lowest BCUT2D eigenvalue weighted by Crippen LogP contribution is -2.59. The van der Waals surface area contributed by atoms with E-state index in [1.54, 1.807) is 64.4 Å². The van der Waals surface area contributed by atoms with Gasteiger partial charge in [-0.1, -0.05) is 36.4 Å². The number of aromatic nitrogens is 2. The molecule has 0 radical (unpaired) electrons. The second-order valence-corrected chi connectivity index (χ2v) is 9.60. The van der Waals surface area contributed by atoms with Crippen LogP contribution in [0.25, 0.3) is 5.69 Å². The monoisotopic (exact) mass is 541 g/mol. The van der Waals surface area contributed by atoms with E-state index in [0.29, 0.717) is 24.3 Å². The zero-order valence-electron chi connectivity index (χ0n) is 21.7. The largest absolute Gasteiger partial charge is 0.435 e. The van der Waals surface area contributed by atoms with E-state index in [1.165, 1.54) is 0 Å². The second-order valence-electron chi connectivity index (χ2n) is 9.60. The molecule has 2 atom stereocenters. The molecule has 2 heterocycles. The number of hydrogen-bond acceptors (Lipinski definition) is 4. The second kappa shape index (κ2) is 11.7. The molecule has 11 heteroatoms. The van der Waals surface area contributed by atoms with Gasteiger partial charge in [-0.15, -0.1) is 0 Å². The number of hydrogen-bond donors (Lipinski definition) is 1. The van der Waals surface area contributed by atoms with Crippen LogP contribution in [0.3, 0.4) is 0 Å². The van der Waals surface area contributed by atoms with Crippen LogP contribution in [0.15, 0.2) is 66.9 Å². The first-order valence-corrected chi connectivity index (χ1v) is 12.7. The predicted octanol–water partition coefficient (Wildman–Crippen LogP) is 4.16. The number of rotatable bonds is 7. The van der Waals surface area contributed by atoms with Crippen LogP contribution in [0.1, 0.15) is 53.1 Å². The number of alkyl halides is 3. The van der Waals surface area contributed by atoms with E-state index in [2.05, 4.69) is 10.4 Å². The third-order valence-electron chi connectivity index (χ3n) is 6.62. The highest BCUT2D eigenvalue weighted by molar-refractivity contribution is 5.95. The zero-order valence-corrected chi connectivity index (χ0v) is 21.7.